The first-order chi connectivity index (χ1) is 7.26. The topological polar surface area (TPSA) is 69.9 Å². The molecule has 1 saturated heterocycles. The number of hydrogen-bond acceptors (Lipinski definition) is 5. The van der Waals surface area contributed by atoms with Crippen LogP contribution in [0.2, 0.25) is 0 Å². The first-order valence-electron chi connectivity index (χ1n) is 5.41. The lowest BCUT2D eigenvalue weighted by Crippen LogP contribution is -2.58. The molecule has 0 aromatic carbocycles. The quantitative estimate of drug-likeness (QED) is 0.612. The maximum atomic E-state index is 9.80. The van der Waals surface area contributed by atoms with E-state index < -0.39 is 30.5 Å². The Kier molecular flexibility index (Phi) is 4.42. The standard InChI is InChI=1S/C11H20O4S/c1-11(2,3)4-6-8(12)10(14)9(13)7(5-16)15-6/h5-10,12-14H,4H2,1-3H3/t6-,7+,8+,9+,10+/m0/s1. The highest BCUT2D eigenvalue weighted by Gasteiger charge is 2.43. The molecule has 4 nitrogen and oxygen atoms in total. The van der Waals surface area contributed by atoms with Gasteiger partial charge in [-0.15, -0.1) is 0 Å². The van der Waals surface area contributed by atoms with E-state index in [4.69, 9.17) is 17.0 Å². The van der Waals surface area contributed by atoms with E-state index in [2.05, 4.69) is 0 Å². The van der Waals surface area contributed by atoms with Crippen molar-refractivity contribution in [2.45, 2.75) is 57.7 Å². The summed E-state index contributed by atoms with van der Waals surface area (Å²) in [6.45, 7) is 6.06. The molecule has 5 atom stereocenters. The number of aliphatic hydroxyl groups excluding tert-OH is 3. The van der Waals surface area contributed by atoms with Gasteiger partial charge in [-0.3, -0.25) is 0 Å². The van der Waals surface area contributed by atoms with Crippen molar-refractivity contribution in [2.75, 3.05) is 0 Å². The summed E-state index contributed by atoms with van der Waals surface area (Å²) in [5.74, 6) is 0. The SMILES string of the molecule is CC(C)(C)C[C@@H]1O[C@H](C=S)[C@@H](O)[C@H](O)[C@@H]1O. The van der Waals surface area contributed by atoms with Crippen molar-refractivity contribution in [1.82, 2.24) is 0 Å². The van der Waals surface area contributed by atoms with E-state index in [-0.39, 0.29) is 5.41 Å². The van der Waals surface area contributed by atoms with Crippen LogP contribution in [0.4, 0.5) is 0 Å². The molecule has 1 aliphatic heterocycles. The summed E-state index contributed by atoms with van der Waals surface area (Å²) in [7, 11) is 0. The second-order valence-corrected chi connectivity index (χ2v) is 5.78. The highest BCUT2D eigenvalue weighted by molar-refractivity contribution is 7.79. The second-order valence-electron chi connectivity index (χ2n) is 5.51. The van der Waals surface area contributed by atoms with E-state index in [0.717, 1.165) is 0 Å². The van der Waals surface area contributed by atoms with Gasteiger partial charge in [0.15, 0.2) is 0 Å². The lowest BCUT2D eigenvalue weighted by atomic mass is 9.83. The van der Waals surface area contributed by atoms with Gasteiger partial charge in [0.05, 0.1) is 6.10 Å². The fourth-order valence-corrected chi connectivity index (χ4v) is 2.09. The van der Waals surface area contributed by atoms with Crippen molar-refractivity contribution in [3.63, 3.8) is 0 Å². The summed E-state index contributed by atoms with van der Waals surface area (Å²) in [4.78, 5) is 0. The van der Waals surface area contributed by atoms with Gasteiger partial charge in [-0.2, -0.15) is 0 Å². The van der Waals surface area contributed by atoms with Gasteiger partial charge in [-0.1, -0.05) is 33.0 Å². The summed E-state index contributed by atoms with van der Waals surface area (Å²) in [6.07, 6.45) is -4.02. The third-order valence-corrected chi connectivity index (χ3v) is 2.97. The lowest BCUT2D eigenvalue weighted by Gasteiger charge is -2.41. The zero-order chi connectivity index (χ0) is 12.5. The van der Waals surface area contributed by atoms with Crippen molar-refractivity contribution in [3.05, 3.63) is 0 Å². The van der Waals surface area contributed by atoms with E-state index in [1.54, 1.807) is 0 Å². The van der Waals surface area contributed by atoms with Gasteiger partial charge < -0.3 is 20.1 Å². The number of thiocarbonyl (C=S) groups is 1. The van der Waals surface area contributed by atoms with E-state index in [0.29, 0.717) is 6.42 Å². The normalized spacial score (nSPS) is 40.8. The lowest BCUT2D eigenvalue weighted by molar-refractivity contribution is -0.208. The molecule has 16 heavy (non-hydrogen) atoms. The largest absolute Gasteiger partial charge is 0.388 e. The van der Waals surface area contributed by atoms with Crippen molar-refractivity contribution >= 4 is 17.6 Å². The van der Waals surface area contributed by atoms with Gasteiger partial charge in [0, 0.05) is 5.37 Å². The average Bonchev–Trinajstić information content (AvgIpc) is 2.17. The second kappa shape index (κ2) is 5.06. The first kappa shape index (κ1) is 14.0. The van der Waals surface area contributed by atoms with Crippen LogP contribution >= 0.6 is 12.2 Å². The molecule has 5 heteroatoms. The highest BCUT2D eigenvalue weighted by atomic mass is 32.1. The minimum absolute atomic E-state index is 0.0281. The van der Waals surface area contributed by atoms with Gasteiger partial charge in [0.2, 0.25) is 0 Å². The van der Waals surface area contributed by atoms with Crippen LogP contribution in [-0.4, -0.2) is 51.2 Å². The molecule has 0 unspecified atom stereocenters. The Morgan fingerprint density at radius 1 is 1.12 bits per heavy atom. The van der Waals surface area contributed by atoms with Crippen LogP contribution in [0.15, 0.2) is 0 Å². The van der Waals surface area contributed by atoms with Crippen molar-refractivity contribution in [2.24, 2.45) is 5.41 Å². The number of aliphatic hydroxyl groups is 3. The van der Waals surface area contributed by atoms with Crippen molar-refractivity contribution in [3.8, 4) is 0 Å². The Balaban J connectivity index is 2.75. The Labute approximate surface area is 101 Å². The third-order valence-electron chi connectivity index (χ3n) is 2.70. The monoisotopic (exact) mass is 248 g/mol. The molecule has 0 aliphatic carbocycles. The van der Waals surface area contributed by atoms with Crippen LogP contribution in [0.25, 0.3) is 0 Å². The predicted octanol–water partition coefficient (Wildman–Crippen LogP) is 0.272. The van der Waals surface area contributed by atoms with Crippen LogP contribution in [0.3, 0.4) is 0 Å². The summed E-state index contributed by atoms with van der Waals surface area (Å²) < 4.78 is 5.49. The molecule has 0 radical (unpaired) electrons. The minimum Gasteiger partial charge on any atom is -0.388 e. The van der Waals surface area contributed by atoms with Crippen LogP contribution < -0.4 is 0 Å². The molecular formula is C11H20O4S. The molecule has 1 rings (SSSR count). The molecule has 0 bridgehead atoms. The minimum atomic E-state index is -1.20. The molecule has 1 fully saturated rings. The number of hydrogen-bond donors (Lipinski definition) is 3. The predicted molar refractivity (Wildman–Crippen MR) is 64.4 cm³/mol. The zero-order valence-electron chi connectivity index (χ0n) is 9.83. The Hall–Kier alpha value is -0.0700. The van der Waals surface area contributed by atoms with Crippen molar-refractivity contribution in [1.29, 1.82) is 0 Å². The van der Waals surface area contributed by atoms with Crippen LogP contribution in [0.5, 0.6) is 0 Å². The molecule has 0 spiro atoms. The van der Waals surface area contributed by atoms with E-state index in [1.807, 2.05) is 20.8 Å². The Morgan fingerprint density at radius 3 is 2.12 bits per heavy atom. The van der Waals surface area contributed by atoms with Gasteiger partial charge in [0.1, 0.15) is 24.4 Å². The molecule has 0 saturated carbocycles. The molecule has 1 heterocycles. The van der Waals surface area contributed by atoms with Crippen LogP contribution in [-0.2, 0) is 4.74 Å². The van der Waals surface area contributed by atoms with Crippen LogP contribution in [0.1, 0.15) is 27.2 Å². The van der Waals surface area contributed by atoms with Gasteiger partial charge in [-0.25, -0.2) is 0 Å². The van der Waals surface area contributed by atoms with Gasteiger partial charge in [0.25, 0.3) is 0 Å². The summed E-state index contributed by atoms with van der Waals surface area (Å²) >= 11 is 4.73. The fourth-order valence-electron chi connectivity index (χ4n) is 1.86. The fraction of sp³-hybridized carbons (Fsp3) is 0.909. The van der Waals surface area contributed by atoms with E-state index in [1.165, 1.54) is 5.37 Å². The van der Waals surface area contributed by atoms with Gasteiger partial charge >= 0.3 is 0 Å². The number of ether oxygens (including phenoxy) is 1. The molecule has 94 valence electrons. The van der Waals surface area contributed by atoms with E-state index in [9.17, 15) is 15.3 Å². The third kappa shape index (κ3) is 3.21. The number of rotatable bonds is 2. The summed E-state index contributed by atoms with van der Waals surface area (Å²) in [6, 6.07) is 0. The molecule has 0 amide bonds. The maximum absolute atomic E-state index is 9.80. The Bertz CT molecular complexity index is 251. The molecule has 1 aliphatic rings. The average molecular weight is 248 g/mol. The summed E-state index contributed by atoms with van der Waals surface area (Å²) in [5.41, 5.74) is -0.0281. The van der Waals surface area contributed by atoms with Gasteiger partial charge in [-0.05, 0) is 11.8 Å². The Morgan fingerprint density at radius 2 is 1.69 bits per heavy atom. The zero-order valence-corrected chi connectivity index (χ0v) is 10.6. The van der Waals surface area contributed by atoms with Crippen molar-refractivity contribution < 1.29 is 20.1 Å². The molecular weight excluding hydrogens is 228 g/mol. The van der Waals surface area contributed by atoms with E-state index >= 15 is 0 Å². The smallest absolute Gasteiger partial charge is 0.115 e. The first-order valence-corrected chi connectivity index (χ1v) is 5.88. The molecule has 3 N–H and O–H groups in total. The summed E-state index contributed by atoms with van der Waals surface area (Å²) in [5, 5.41) is 30.3. The molecule has 0 aromatic rings. The van der Waals surface area contributed by atoms with Crippen LogP contribution in [0, 0.1) is 5.41 Å². The highest BCUT2D eigenvalue weighted by Crippen LogP contribution is 2.30. The maximum Gasteiger partial charge on any atom is 0.115 e. The molecule has 0 aromatic heterocycles.